The molecular formula is C20H22ClN3O2. The summed E-state index contributed by atoms with van der Waals surface area (Å²) >= 11 is 0. The summed E-state index contributed by atoms with van der Waals surface area (Å²) in [4.78, 5) is 21.2. The van der Waals surface area contributed by atoms with E-state index in [1.807, 2.05) is 57.2 Å². The lowest BCUT2D eigenvalue weighted by Gasteiger charge is -2.14. The molecule has 136 valence electrons. The number of ether oxygens (including phenoxy) is 1. The fraction of sp³-hybridized carbons (Fsp3) is 0.250. The van der Waals surface area contributed by atoms with Crippen molar-refractivity contribution >= 4 is 40.8 Å². The Kier molecular flexibility index (Phi) is 6.52. The molecule has 0 unspecified atom stereocenters. The van der Waals surface area contributed by atoms with Crippen molar-refractivity contribution < 1.29 is 9.53 Å². The average molecular weight is 372 g/mol. The molecule has 0 spiro atoms. The number of hydrogen-bond donors (Lipinski definition) is 1. The van der Waals surface area contributed by atoms with Crippen LogP contribution in [0, 0.1) is 13.8 Å². The Morgan fingerprint density at radius 1 is 1.12 bits per heavy atom. The van der Waals surface area contributed by atoms with E-state index < -0.39 is 0 Å². The van der Waals surface area contributed by atoms with Crippen LogP contribution in [0.1, 0.15) is 35.0 Å². The molecular weight excluding hydrogens is 350 g/mol. The van der Waals surface area contributed by atoms with Gasteiger partial charge in [0.05, 0.1) is 12.3 Å². The lowest BCUT2D eigenvalue weighted by molar-refractivity contribution is 0.0506. The molecule has 1 aromatic carbocycles. The van der Waals surface area contributed by atoms with E-state index in [-0.39, 0.29) is 18.4 Å². The van der Waals surface area contributed by atoms with E-state index in [0.717, 1.165) is 23.2 Å². The van der Waals surface area contributed by atoms with Crippen molar-refractivity contribution in [3.63, 3.8) is 0 Å². The van der Waals surface area contributed by atoms with Gasteiger partial charge in [-0.15, -0.1) is 12.4 Å². The van der Waals surface area contributed by atoms with Gasteiger partial charge in [-0.05, 0) is 44.5 Å². The normalized spacial score (nSPS) is 10.3. The van der Waals surface area contributed by atoms with Crippen LogP contribution in [0.2, 0.25) is 0 Å². The number of fused-ring (bicyclic) bond motifs is 1. The average Bonchev–Trinajstić information content (AvgIpc) is 2.61. The van der Waals surface area contributed by atoms with Crippen molar-refractivity contribution in [2.75, 3.05) is 11.9 Å². The summed E-state index contributed by atoms with van der Waals surface area (Å²) in [6, 6.07) is 11.8. The molecule has 0 bridgehead atoms. The SMILES string of the molecule is CCCOC(=O)c1cnc2nc(C)ccc2c1Nc1ccc(C)cc1.Cl. The van der Waals surface area contributed by atoms with Gasteiger partial charge in [-0.25, -0.2) is 14.8 Å². The quantitative estimate of drug-likeness (QED) is 0.641. The highest BCUT2D eigenvalue weighted by Gasteiger charge is 2.17. The first-order chi connectivity index (χ1) is 12.1. The Balaban J connectivity index is 0.00000243. The van der Waals surface area contributed by atoms with E-state index in [2.05, 4.69) is 15.3 Å². The van der Waals surface area contributed by atoms with Gasteiger partial charge < -0.3 is 10.1 Å². The standard InChI is InChI=1S/C20H21N3O2.ClH/c1-4-11-25-20(24)17-12-21-19-16(10-7-14(3)22-19)18(17)23-15-8-5-13(2)6-9-15;/h5-10,12H,4,11H2,1-3H3,(H,21,22,23);1H. The van der Waals surface area contributed by atoms with Crippen LogP contribution in [0.5, 0.6) is 0 Å². The number of pyridine rings is 2. The molecule has 0 aliphatic heterocycles. The van der Waals surface area contributed by atoms with E-state index in [0.29, 0.717) is 23.5 Å². The Labute approximate surface area is 159 Å². The number of carbonyl (C=O) groups excluding carboxylic acids is 1. The smallest absolute Gasteiger partial charge is 0.341 e. The van der Waals surface area contributed by atoms with E-state index in [9.17, 15) is 4.79 Å². The number of benzene rings is 1. The number of nitrogens with zero attached hydrogens (tertiary/aromatic N) is 2. The number of hydrogen-bond acceptors (Lipinski definition) is 5. The largest absolute Gasteiger partial charge is 0.462 e. The number of esters is 1. The molecule has 0 amide bonds. The van der Waals surface area contributed by atoms with Gasteiger partial charge in [0, 0.05) is 23.0 Å². The topological polar surface area (TPSA) is 64.1 Å². The molecule has 5 nitrogen and oxygen atoms in total. The molecule has 1 N–H and O–H groups in total. The molecule has 0 saturated carbocycles. The first kappa shape index (κ1) is 19.7. The van der Waals surface area contributed by atoms with Crippen LogP contribution >= 0.6 is 12.4 Å². The fourth-order valence-corrected chi connectivity index (χ4v) is 2.52. The minimum absolute atomic E-state index is 0. The zero-order chi connectivity index (χ0) is 17.8. The molecule has 0 fully saturated rings. The zero-order valence-corrected chi connectivity index (χ0v) is 15.9. The number of carbonyl (C=O) groups is 1. The number of aromatic nitrogens is 2. The molecule has 2 aromatic heterocycles. The van der Waals surface area contributed by atoms with Crippen molar-refractivity contribution in [1.82, 2.24) is 9.97 Å². The first-order valence-corrected chi connectivity index (χ1v) is 8.35. The fourth-order valence-electron chi connectivity index (χ4n) is 2.52. The molecule has 0 radical (unpaired) electrons. The minimum Gasteiger partial charge on any atom is -0.462 e. The van der Waals surface area contributed by atoms with Gasteiger partial charge in [0.15, 0.2) is 5.65 Å². The molecule has 0 aliphatic carbocycles. The summed E-state index contributed by atoms with van der Waals surface area (Å²) in [5, 5.41) is 4.13. The molecule has 2 heterocycles. The summed E-state index contributed by atoms with van der Waals surface area (Å²) in [7, 11) is 0. The maximum Gasteiger partial charge on any atom is 0.341 e. The second kappa shape index (κ2) is 8.63. The van der Waals surface area contributed by atoms with Crippen LogP contribution in [-0.2, 0) is 4.74 Å². The van der Waals surface area contributed by atoms with Gasteiger partial charge in [0.2, 0.25) is 0 Å². The second-order valence-electron chi connectivity index (χ2n) is 6.00. The maximum atomic E-state index is 12.5. The molecule has 3 aromatic rings. The number of halogens is 1. The molecule has 3 rings (SSSR count). The van der Waals surface area contributed by atoms with Gasteiger partial charge >= 0.3 is 5.97 Å². The third kappa shape index (κ3) is 4.29. The van der Waals surface area contributed by atoms with Crippen LogP contribution in [0.15, 0.2) is 42.6 Å². The Hall–Kier alpha value is -2.66. The lowest BCUT2D eigenvalue weighted by Crippen LogP contribution is -2.10. The van der Waals surface area contributed by atoms with Crippen LogP contribution in [0.3, 0.4) is 0 Å². The van der Waals surface area contributed by atoms with Crippen LogP contribution in [0.25, 0.3) is 11.0 Å². The number of aryl methyl sites for hydroxylation is 2. The highest BCUT2D eigenvalue weighted by molar-refractivity contribution is 6.05. The first-order valence-electron chi connectivity index (χ1n) is 8.35. The van der Waals surface area contributed by atoms with Crippen molar-refractivity contribution in [2.24, 2.45) is 0 Å². The highest BCUT2D eigenvalue weighted by Crippen LogP contribution is 2.29. The molecule has 26 heavy (non-hydrogen) atoms. The third-order valence-electron chi connectivity index (χ3n) is 3.85. The second-order valence-corrected chi connectivity index (χ2v) is 6.00. The Morgan fingerprint density at radius 3 is 2.54 bits per heavy atom. The van der Waals surface area contributed by atoms with Crippen molar-refractivity contribution in [3.05, 3.63) is 59.4 Å². The third-order valence-corrected chi connectivity index (χ3v) is 3.85. The van der Waals surface area contributed by atoms with Gasteiger partial charge in [0.1, 0.15) is 5.56 Å². The van der Waals surface area contributed by atoms with Crippen molar-refractivity contribution in [2.45, 2.75) is 27.2 Å². The van der Waals surface area contributed by atoms with Crippen LogP contribution in [0.4, 0.5) is 11.4 Å². The van der Waals surface area contributed by atoms with E-state index in [1.54, 1.807) is 0 Å². The Morgan fingerprint density at radius 2 is 1.85 bits per heavy atom. The number of anilines is 2. The molecule has 0 atom stereocenters. The summed E-state index contributed by atoms with van der Waals surface area (Å²) < 4.78 is 5.31. The summed E-state index contributed by atoms with van der Waals surface area (Å²) in [6.07, 6.45) is 2.30. The van der Waals surface area contributed by atoms with E-state index >= 15 is 0 Å². The number of rotatable bonds is 5. The predicted octanol–water partition coefficient (Wildman–Crippen LogP) is 4.98. The number of nitrogens with one attached hydrogen (secondary N) is 1. The van der Waals surface area contributed by atoms with Gasteiger partial charge in [-0.3, -0.25) is 0 Å². The molecule has 0 aliphatic rings. The van der Waals surface area contributed by atoms with Crippen LogP contribution in [-0.4, -0.2) is 22.5 Å². The van der Waals surface area contributed by atoms with Gasteiger partial charge in [0.25, 0.3) is 0 Å². The molecule has 6 heteroatoms. The van der Waals surface area contributed by atoms with E-state index in [4.69, 9.17) is 4.74 Å². The molecule has 0 saturated heterocycles. The van der Waals surface area contributed by atoms with E-state index in [1.165, 1.54) is 11.8 Å². The predicted molar refractivity (Wildman–Crippen MR) is 107 cm³/mol. The maximum absolute atomic E-state index is 12.5. The minimum atomic E-state index is -0.383. The Bertz CT molecular complexity index is 911. The van der Waals surface area contributed by atoms with Crippen molar-refractivity contribution in [3.8, 4) is 0 Å². The summed E-state index contributed by atoms with van der Waals surface area (Å²) in [6.45, 7) is 6.29. The lowest BCUT2D eigenvalue weighted by atomic mass is 10.1. The monoisotopic (exact) mass is 371 g/mol. The van der Waals surface area contributed by atoms with Gasteiger partial charge in [-0.2, -0.15) is 0 Å². The van der Waals surface area contributed by atoms with Gasteiger partial charge in [-0.1, -0.05) is 24.6 Å². The summed E-state index contributed by atoms with van der Waals surface area (Å²) in [5.74, 6) is -0.383. The van der Waals surface area contributed by atoms with Crippen LogP contribution < -0.4 is 5.32 Å². The zero-order valence-electron chi connectivity index (χ0n) is 15.1. The van der Waals surface area contributed by atoms with Crippen molar-refractivity contribution in [1.29, 1.82) is 0 Å². The highest BCUT2D eigenvalue weighted by atomic mass is 35.5. The summed E-state index contributed by atoms with van der Waals surface area (Å²) in [5.41, 5.74) is 4.62.